The third-order valence-electron chi connectivity index (χ3n) is 2.46. The van der Waals surface area contributed by atoms with Crippen LogP contribution in [-0.4, -0.2) is 17.6 Å². The van der Waals surface area contributed by atoms with Gasteiger partial charge in [-0.05, 0) is 28.8 Å². The van der Waals surface area contributed by atoms with E-state index in [1.54, 1.807) is 11.3 Å². The first-order valence-electron chi connectivity index (χ1n) is 5.13. The van der Waals surface area contributed by atoms with Crippen LogP contribution in [0, 0.1) is 5.92 Å². The molecule has 84 valence electrons. The van der Waals surface area contributed by atoms with Crippen molar-refractivity contribution in [3.63, 3.8) is 0 Å². The number of nitrogens with one attached hydrogen (secondary N) is 1. The van der Waals surface area contributed by atoms with Crippen molar-refractivity contribution in [2.75, 3.05) is 6.54 Å². The lowest BCUT2D eigenvalue weighted by Gasteiger charge is -2.13. The molecule has 1 aromatic heterocycles. The van der Waals surface area contributed by atoms with Crippen LogP contribution in [0.3, 0.4) is 0 Å². The zero-order chi connectivity index (χ0) is 11.3. The minimum atomic E-state index is -0.593. The third-order valence-corrected chi connectivity index (χ3v) is 3.16. The van der Waals surface area contributed by atoms with Crippen molar-refractivity contribution in [3.8, 4) is 0 Å². The molecule has 1 heterocycles. The first-order chi connectivity index (χ1) is 7.15. The molecule has 2 atom stereocenters. The van der Waals surface area contributed by atoms with Crippen LogP contribution in [0.5, 0.6) is 0 Å². The number of aliphatic hydroxyl groups excluding tert-OH is 1. The maximum Gasteiger partial charge on any atom is 0.222 e. The predicted octanol–water partition coefficient (Wildman–Crippen LogP) is 1.94. The largest absolute Gasteiger partial charge is 0.387 e. The van der Waals surface area contributed by atoms with Gasteiger partial charge >= 0.3 is 0 Å². The van der Waals surface area contributed by atoms with Gasteiger partial charge in [0.15, 0.2) is 0 Å². The van der Waals surface area contributed by atoms with E-state index >= 15 is 0 Å². The highest BCUT2D eigenvalue weighted by Crippen LogP contribution is 2.15. The molecule has 0 saturated heterocycles. The molecule has 0 aliphatic rings. The van der Waals surface area contributed by atoms with Gasteiger partial charge in [-0.2, -0.15) is 11.3 Å². The molecular weight excluding hydrogens is 210 g/mol. The summed E-state index contributed by atoms with van der Waals surface area (Å²) in [7, 11) is 0. The fraction of sp³-hybridized carbons (Fsp3) is 0.545. The van der Waals surface area contributed by atoms with E-state index in [2.05, 4.69) is 5.32 Å². The number of carbonyl (C=O) groups excluding carboxylic acids is 1. The van der Waals surface area contributed by atoms with Gasteiger partial charge in [-0.3, -0.25) is 4.79 Å². The number of amides is 1. The van der Waals surface area contributed by atoms with E-state index in [0.717, 1.165) is 12.0 Å². The molecule has 0 aromatic carbocycles. The number of hydrogen-bond acceptors (Lipinski definition) is 3. The Labute approximate surface area is 94.1 Å². The van der Waals surface area contributed by atoms with Crippen molar-refractivity contribution in [2.45, 2.75) is 26.4 Å². The van der Waals surface area contributed by atoms with Crippen LogP contribution in [-0.2, 0) is 4.79 Å². The van der Waals surface area contributed by atoms with Gasteiger partial charge in [-0.1, -0.05) is 13.8 Å². The zero-order valence-electron chi connectivity index (χ0n) is 9.06. The monoisotopic (exact) mass is 227 g/mol. The summed E-state index contributed by atoms with van der Waals surface area (Å²) in [4.78, 5) is 11.4. The lowest BCUT2D eigenvalue weighted by molar-refractivity contribution is -0.125. The fourth-order valence-corrected chi connectivity index (χ4v) is 1.85. The second kappa shape index (κ2) is 5.88. The smallest absolute Gasteiger partial charge is 0.222 e. The van der Waals surface area contributed by atoms with Gasteiger partial charge < -0.3 is 10.4 Å². The minimum absolute atomic E-state index is 0.00628. The summed E-state index contributed by atoms with van der Waals surface area (Å²) in [5, 5.41) is 16.2. The van der Waals surface area contributed by atoms with Crippen molar-refractivity contribution in [2.24, 2.45) is 5.92 Å². The van der Waals surface area contributed by atoms with Gasteiger partial charge in [-0.25, -0.2) is 0 Å². The summed E-state index contributed by atoms with van der Waals surface area (Å²) in [6.07, 6.45) is 0.227. The van der Waals surface area contributed by atoms with E-state index in [1.165, 1.54) is 0 Å². The Bertz CT molecular complexity index is 298. The highest BCUT2D eigenvalue weighted by Gasteiger charge is 2.13. The average Bonchev–Trinajstić information content (AvgIpc) is 2.77. The van der Waals surface area contributed by atoms with Gasteiger partial charge in [0.05, 0.1) is 6.10 Å². The molecule has 0 fully saturated rings. The molecule has 1 aromatic rings. The van der Waals surface area contributed by atoms with Crippen LogP contribution in [0.4, 0.5) is 0 Å². The van der Waals surface area contributed by atoms with Crippen LogP contribution in [0.1, 0.15) is 31.9 Å². The molecule has 2 unspecified atom stereocenters. The molecule has 2 N–H and O–H groups in total. The standard InChI is InChI=1S/C11H17NO2S/c1-3-8(2)11(14)12-6-10(13)9-4-5-15-7-9/h4-5,7-8,10,13H,3,6H2,1-2H3,(H,12,14). The van der Waals surface area contributed by atoms with Gasteiger partial charge in [0.2, 0.25) is 5.91 Å². The van der Waals surface area contributed by atoms with E-state index in [9.17, 15) is 9.90 Å². The summed E-state index contributed by atoms with van der Waals surface area (Å²) >= 11 is 1.54. The Morgan fingerprint density at radius 2 is 2.40 bits per heavy atom. The van der Waals surface area contributed by atoms with Crippen LogP contribution in [0.2, 0.25) is 0 Å². The molecule has 15 heavy (non-hydrogen) atoms. The van der Waals surface area contributed by atoms with E-state index in [1.807, 2.05) is 30.7 Å². The first kappa shape index (κ1) is 12.2. The average molecular weight is 227 g/mol. The number of hydrogen-bond donors (Lipinski definition) is 2. The zero-order valence-corrected chi connectivity index (χ0v) is 9.88. The minimum Gasteiger partial charge on any atom is -0.387 e. The Morgan fingerprint density at radius 3 is 2.93 bits per heavy atom. The summed E-state index contributed by atoms with van der Waals surface area (Å²) in [5.41, 5.74) is 0.865. The molecular formula is C11H17NO2S. The van der Waals surface area contributed by atoms with Crippen molar-refractivity contribution in [1.29, 1.82) is 0 Å². The summed E-state index contributed by atoms with van der Waals surface area (Å²) in [6.45, 7) is 4.14. The maximum absolute atomic E-state index is 11.4. The molecule has 1 rings (SSSR count). The van der Waals surface area contributed by atoms with Gasteiger partial charge in [0.25, 0.3) is 0 Å². The number of aliphatic hydroxyl groups is 1. The number of carbonyl (C=O) groups is 1. The highest BCUT2D eigenvalue weighted by molar-refractivity contribution is 7.07. The normalized spacial score (nSPS) is 14.6. The van der Waals surface area contributed by atoms with Crippen molar-refractivity contribution >= 4 is 17.2 Å². The molecule has 3 nitrogen and oxygen atoms in total. The van der Waals surface area contributed by atoms with Crippen LogP contribution < -0.4 is 5.32 Å². The van der Waals surface area contributed by atoms with Crippen LogP contribution >= 0.6 is 11.3 Å². The quantitative estimate of drug-likeness (QED) is 0.807. The van der Waals surface area contributed by atoms with Crippen LogP contribution in [0.25, 0.3) is 0 Å². The van der Waals surface area contributed by atoms with Crippen molar-refractivity contribution < 1.29 is 9.90 Å². The molecule has 4 heteroatoms. The lowest BCUT2D eigenvalue weighted by atomic mass is 10.1. The Morgan fingerprint density at radius 1 is 1.67 bits per heavy atom. The van der Waals surface area contributed by atoms with E-state index < -0.39 is 6.10 Å². The van der Waals surface area contributed by atoms with E-state index in [4.69, 9.17) is 0 Å². The summed E-state index contributed by atoms with van der Waals surface area (Å²) in [5.74, 6) is 0.0199. The highest BCUT2D eigenvalue weighted by atomic mass is 32.1. The molecule has 0 radical (unpaired) electrons. The second-order valence-corrected chi connectivity index (χ2v) is 4.41. The predicted molar refractivity (Wildman–Crippen MR) is 61.7 cm³/mol. The van der Waals surface area contributed by atoms with Gasteiger partial charge in [0.1, 0.15) is 0 Å². The molecule has 0 aliphatic carbocycles. The van der Waals surface area contributed by atoms with Crippen LogP contribution in [0.15, 0.2) is 16.8 Å². The van der Waals surface area contributed by atoms with Gasteiger partial charge in [0, 0.05) is 12.5 Å². The third kappa shape index (κ3) is 3.64. The first-order valence-corrected chi connectivity index (χ1v) is 6.07. The fourth-order valence-electron chi connectivity index (χ4n) is 1.14. The van der Waals surface area contributed by atoms with Crippen molar-refractivity contribution in [3.05, 3.63) is 22.4 Å². The molecule has 0 aliphatic heterocycles. The molecule has 0 saturated carbocycles. The number of rotatable bonds is 5. The second-order valence-electron chi connectivity index (χ2n) is 3.63. The van der Waals surface area contributed by atoms with E-state index in [-0.39, 0.29) is 11.8 Å². The Hall–Kier alpha value is -0.870. The van der Waals surface area contributed by atoms with Crippen molar-refractivity contribution in [1.82, 2.24) is 5.32 Å². The molecule has 1 amide bonds. The van der Waals surface area contributed by atoms with Gasteiger partial charge in [-0.15, -0.1) is 0 Å². The Kier molecular flexibility index (Phi) is 4.78. The Balaban J connectivity index is 2.34. The summed E-state index contributed by atoms with van der Waals surface area (Å²) < 4.78 is 0. The topological polar surface area (TPSA) is 49.3 Å². The summed E-state index contributed by atoms with van der Waals surface area (Å²) in [6, 6.07) is 1.87. The number of thiophene rings is 1. The molecule has 0 bridgehead atoms. The lowest BCUT2D eigenvalue weighted by Crippen LogP contribution is -2.32. The van der Waals surface area contributed by atoms with E-state index in [0.29, 0.717) is 6.54 Å². The molecule has 0 spiro atoms. The SMILES string of the molecule is CCC(C)C(=O)NCC(O)c1ccsc1. The maximum atomic E-state index is 11.4.